The van der Waals surface area contributed by atoms with Crippen molar-refractivity contribution in [2.45, 2.75) is 81.4 Å². The molecule has 1 amide bonds. The number of carbonyl (C=O) groups excluding carboxylic acids is 1. The molecule has 1 N–H and O–H groups in total. The van der Waals surface area contributed by atoms with Crippen LogP contribution in [0.25, 0.3) is 11.4 Å². The third kappa shape index (κ3) is 5.62. The lowest BCUT2D eigenvalue weighted by molar-refractivity contribution is -0.119. The highest BCUT2D eigenvalue weighted by molar-refractivity contribution is 7.99. The van der Waals surface area contributed by atoms with Crippen LogP contribution < -0.4 is 19.5 Å². The molecule has 1 heterocycles. The summed E-state index contributed by atoms with van der Waals surface area (Å²) in [4.78, 5) is 12.7. The maximum Gasteiger partial charge on any atom is 0.230 e. The van der Waals surface area contributed by atoms with Crippen molar-refractivity contribution in [2.24, 2.45) is 0 Å². The van der Waals surface area contributed by atoms with Gasteiger partial charge >= 0.3 is 0 Å². The molecule has 8 nitrogen and oxygen atoms in total. The van der Waals surface area contributed by atoms with Gasteiger partial charge in [-0.2, -0.15) is 0 Å². The molecule has 0 bridgehead atoms. The molecule has 0 atom stereocenters. The van der Waals surface area contributed by atoms with Crippen LogP contribution in [-0.4, -0.2) is 53.8 Å². The number of hydrogen-bond acceptors (Lipinski definition) is 7. The van der Waals surface area contributed by atoms with E-state index in [-0.39, 0.29) is 5.91 Å². The Balaban J connectivity index is 1.60. The molecule has 1 aromatic carbocycles. The molecule has 1 aromatic heterocycles. The van der Waals surface area contributed by atoms with Crippen LogP contribution in [0.2, 0.25) is 0 Å². The lowest BCUT2D eigenvalue weighted by Crippen LogP contribution is -2.37. The average Bonchev–Trinajstić information content (AvgIpc) is 3.31. The zero-order chi connectivity index (χ0) is 23.9. The van der Waals surface area contributed by atoms with Gasteiger partial charge in [-0.15, -0.1) is 10.2 Å². The summed E-state index contributed by atoms with van der Waals surface area (Å²) >= 11 is 1.47. The Morgan fingerprint density at radius 1 is 0.941 bits per heavy atom. The zero-order valence-electron chi connectivity index (χ0n) is 20.5. The largest absolute Gasteiger partial charge is 0.493 e. The number of carbonyl (C=O) groups is 1. The van der Waals surface area contributed by atoms with E-state index in [2.05, 4.69) is 20.1 Å². The van der Waals surface area contributed by atoms with E-state index in [0.717, 1.165) is 42.2 Å². The van der Waals surface area contributed by atoms with E-state index in [1.54, 1.807) is 21.3 Å². The van der Waals surface area contributed by atoms with E-state index in [1.165, 1.54) is 50.3 Å². The first-order valence-corrected chi connectivity index (χ1v) is 13.3. The summed E-state index contributed by atoms with van der Waals surface area (Å²) in [5.41, 5.74) is 0.853. The number of benzene rings is 1. The van der Waals surface area contributed by atoms with Crippen LogP contribution in [0, 0.1) is 0 Å². The highest BCUT2D eigenvalue weighted by Crippen LogP contribution is 2.43. The van der Waals surface area contributed by atoms with Gasteiger partial charge in [0.2, 0.25) is 11.7 Å². The van der Waals surface area contributed by atoms with Crippen molar-refractivity contribution in [3.05, 3.63) is 12.1 Å². The van der Waals surface area contributed by atoms with E-state index in [4.69, 9.17) is 14.2 Å². The first kappa shape index (κ1) is 24.7. The van der Waals surface area contributed by atoms with Crippen molar-refractivity contribution in [1.82, 2.24) is 20.1 Å². The van der Waals surface area contributed by atoms with Crippen LogP contribution in [0.4, 0.5) is 0 Å². The molecule has 9 heteroatoms. The summed E-state index contributed by atoms with van der Waals surface area (Å²) in [7, 11) is 4.82. The van der Waals surface area contributed by atoms with Gasteiger partial charge in [0.25, 0.3) is 0 Å². The van der Waals surface area contributed by atoms with Gasteiger partial charge in [0.05, 0.1) is 27.1 Å². The second-order valence-corrected chi connectivity index (χ2v) is 10.0. The summed E-state index contributed by atoms with van der Waals surface area (Å²) in [6, 6.07) is 4.44. The molecule has 2 fully saturated rings. The van der Waals surface area contributed by atoms with Gasteiger partial charge in [0.1, 0.15) is 0 Å². The number of rotatable bonds is 9. The normalized spacial score (nSPS) is 17.4. The molecule has 2 aliphatic rings. The van der Waals surface area contributed by atoms with Crippen LogP contribution in [0.15, 0.2) is 17.3 Å². The molecule has 0 unspecified atom stereocenters. The van der Waals surface area contributed by atoms with Crippen LogP contribution in [0.3, 0.4) is 0 Å². The Bertz CT molecular complexity index is 943. The number of ether oxygens (including phenoxy) is 3. The molecule has 0 aliphatic heterocycles. The minimum absolute atomic E-state index is 0.0735. The van der Waals surface area contributed by atoms with Crippen LogP contribution >= 0.6 is 11.8 Å². The monoisotopic (exact) mass is 488 g/mol. The molecule has 2 saturated carbocycles. The van der Waals surface area contributed by atoms with E-state index < -0.39 is 0 Å². The lowest BCUT2D eigenvalue weighted by atomic mass is 9.95. The summed E-state index contributed by atoms with van der Waals surface area (Å²) < 4.78 is 18.8. The Hall–Kier alpha value is -2.42. The van der Waals surface area contributed by atoms with Crippen LogP contribution in [0.1, 0.15) is 70.3 Å². The van der Waals surface area contributed by atoms with Crippen LogP contribution in [0.5, 0.6) is 17.2 Å². The number of nitrogens with zero attached hydrogens (tertiary/aromatic N) is 3. The maximum atomic E-state index is 12.7. The quantitative estimate of drug-likeness (QED) is 0.496. The highest BCUT2D eigenvalue weighted by Gasteiger charge is 2.26. The predicted molar refractivity (Wildman–Crippen MR) is 133 cm³/mol. The van der Waals surface area contributed by atoms with Crippen molar-refractivity contribution in [3.8, 4) is 28.6 Å². The van der Waals surface area contributed by atoms with Gasteiger partial charge in [-0.05, 0) is 37.8 Å². The highest BCUT2D eigenvalue weighted by atomic mass is 32.2. The molecule has 2 aliphatic carbocycles. The summed E-state index contributed by atoms with van der Waals surface area (Å²) in [5, 5.41) is 13.1. The number of thioether (sulfide) groups is 1. The third-order valence-corrected chi connectivity index (χ3v) is 7.77. The van der Waals surface area contributed by atoms with E-state index in [9.17, 15) is 4.79 Å². The zero-order valence-corrected chi connectivity index (χ0v) is 21.3. The molecular weight excluding hydrogens is 452 g/mol. The molecular formula is C25H36N4O4S. The maximum absolute atomic E-state index is 12.7. The Labute approximate surface area is 206 Å². The standard InChI is InChI=1S/C25H36N4O4S/c1-31-20-14-17(15-21(32-2)23(20)33-3)24-27-28-25(29(24)19-12-8-5-9-13-19)34-16-22(30)26-18-10-6-4-7-11-18/h14-15,18-19H,4-13,16H2,1-3H3,(H,26,30). The fraction of sp³-hybridized carbons (Fsp3) is 0.640. The fourth-order valence-electron chi connectivity index (χ4n) is 5.10. The number of methoxy groups -OCH3 is 3. The molecule has 34 heavy (non-hydrogen) atoms. The van der Waals surface area contributed by atoms with Crippen LogP contribution in [-0.2, 0) is 4.79 Å². The average molecular weight is 489 g/mol. The van der Waals surface area contributed by atoms with E-state index in [0.29, 0.717) is 35.1 Å². The SMILES string of the molecule is COc1cc(-c2nnc(SCC(=O)NC3CCCCC3)n2C2CCCCC2)cc(OC)c1OC. The topological polar surface area (TPSA) is 87.5 Å². The van der Waals surface area contributed by atoms with Gasteiger partial charge in [-0.3, -0.25) is 9.36 Å². The molecule has 186 valence electrons. The molecule has 0 spiro atoms. The number of nitrogens with one attached hydrogen (secondary N) is 1. The van der Waals surface area contributed by atoms with Crippen molar-refractivity contribution in [2.75, 3.05) is 27.1 Å². The summed E-state index contributed by atoms with van der Waals surface area (Å²) in [6.07, 6.45) is 11.6. The fourth-order valence-corrected chi connectivity index (χ4v) is 5.91. The molecule has 4 rings (SSSR count). The van der Waals surface area contributed by atoms with E-state index >= 15 is 0 Å². The molecule has 2 aromatic rings. The first-order valence-electron chi connectivity index (χ1n) is 12.3. The third-order valence-electron chi connectivity index (χ3n) is 6.83. The second-order valence-electron chi connectivity index (χ2n) is 9.07. The number of aromatic nitrogens is 3. The smallest absolute Gasteiger partial charge is 0.230 e. The Kier molecular flexibility index (Phi) is 8.59. The minimum atomic E-state index is 0.0735. The van der Waals surface area contributed by atoms with Crippen molar-refractivity contribution >= 4 is 17.7 Å². The van der Waals surface area contributed by atoms with Crippen molar-refractivity contribution in [1.29, 1.82) is 0 Å². The minimum Gasteiger partial charge on any atom is -0.493 e. The van der Waals surface area contributed by atoms with Gasteiger partial charge in [0.15, 0.2) is 22.5 Å². The van der Waals surface area contributed by atoms with Gasteiger partial charge in [-0.1, -0.05) is 50.3 Å². The first-order chi connectivity index (χ1) is 16.6. The van der Waals surface area contributed by atoms with E-state index in [1.807, 2.05) is 12.1 Å². The Morgan fingerprint density at radius 2 is 1.56 bits per heavy atom. The second kappa shape index (κ2) is 11.8. The predicted octanol–water partition coefficient (Wildman–Crippen LogP) is 5.02. The molecule has 0 saturated heterocycles. The number of amides is 1. The molecule has 0 radical (unpaired) electrons. The van der Waals surface area contributed by atoms with Crippen molar-refractivity contribution < 1.29 is 19.0 Å². The Morgan fingerprint density at radius 3 is 2.15 bits per heavy atom. The number of hydrogen-bond donors (Lipinski definition) is 1. The van der Waals surface area contributed by atoms with Gasteiger partial charge in [0, 0.05) is 17.6 Å². The van der Waals surface area contributed by atoms with Gasteiger partial charge < -0.3 is 19.5 Å². The summed E-state index contributed by atoms with van der Waals surface area (Å²) in [5.74, 6) is 2.89. The summed E-state index contributed by atoms with van der Waals surface area (Å²) in [6.45, 7) is 0. The lowest BCUT2D eigenvalue weighted by Gasteiger charge is -2.26. The van der Waals surface area contributed by atoms with Crippen molar-refractivity contribution in [3.63, 3.8) is 0 Å². The van der Waals surface area contributed by atoms with Gasteiger partial charge in [-0.25, -0.2) is 0 Å².